The number of para-hydroxylation sites is 1. The highest BCUT2D eigenvalue weighted by molar-refractivity contribution is 5.89. The van der Waals surface area contributed by atoms with Crippen LogP contribution in [0.3, 0.4) is 0 Å². The van der Waals surface area contributed by atoms with E-state index in [0.29, 0.717) is 5.56 Å². The Hall–Kier alpha value is -2.08. The lowest BCUT2D eigenvalue weighted by Crippen LogP contribution is -3.00. The summed E-state index contributed by atoms with van der Waals surface area (Å²) in [4.78, 5) is 0. The van der Waals surface area contributed by atoms with Crippen LogP contribution < -0.4 is 28.5 Å². The zero-order chi connectivity index (χ0) is 14.8. The van der Waals surface area contributed by atoms with Gasteiger partial charge in [-0.25, -0.2) is 4.57 Å². The van der Waals surface area contributed by atoms with Crippen LogP contribution in [0.5, 0.6) is 11.5 Å². The summed E-state index contributed by atoms with van der Waals surface area (Å²) >= 11 is 0. The van der Waals surface area contributed by atoms with Crippen LogP contribution in [0.2, 0.25) is 0 Å². The second-order valence-corrected chi connectivity index (χ2v) is 4.98. The molecule has 0 spiro atoms. The van der Waals surface area contributed by atoms with Gasteiger partial charge in [-0.2, -0.15) is 0 Å². The summed E-state index contributed by atoms with van der Waals surface area (Å²) in [5.41, 5.74) is 2.90. The van der Waals surface area contributed by atoms with E-state index in [0.717, 1.165) is 16.5 Å². The third-order valence-corrected chi connectivity index (χ3v) is 3.53. The van der Waals surface area contributed by atoms with E-state index in [4.69, 9.17) is 0 Å². The summed E-state index contributed by atoms with van der Waals surface area (Å²) in [7, 11) is 2.02. The van der Waals surface area contributed by atoms with Gasteiger partial charge >= 0.3 is 0 Å². The maximum Gasteiger partial charge on any atom is 0.212 e. The number of hydrogen-bond donors (Lipinski definition) is 2. The number of rotatable bonds is 2. The Balaban J connectivity index is 0.00000176. The summed E-state index contributed by atoms with van der Waals surface area (Å²) in [6, 6.07) is 14.8. The molecule has 3 nitrogen and oxygen atoms in total. The molecule has 0 atom stereocenters. The van der Waals surface area contributed by atoms with Crippen LogP contribution >= 0.6 is 0 Å². The van der Waals surface area contributed by atoms with Crippen molar-refractivity contribution in [3.63, 3.8) is 0 Å². The second kappa shape index (κ2) is 6.79. The number of halogens is 1. The van der Waals surface area contributed by atoms with Gasteiger partial charge in [0.15, 0.2) is 6.20 Å². The van der Waals surface area contributed by atoms with Crippen molar-refractivity contribution in [1.82, 2.24) is 0 Å². The molecule has 112 valence electrons. The molecule has 3 aromatic rings. The van der Waals surface area contributed by atoms with Gasteiger partial charge in [-0.15, -0.1) is 0 Å². The predicted molar refractivity (Wildman–Crippen MR) is 83.8 cm³/mol. The van der Waals surface area contributed by atoms with Crippen molar-refractivity contribution in [3.05, 3.63) is 65.9 Å². The predicted octanol–water partition coefficient (Wildman–Crippen LogP) is 0.250. The molecule has 0 aliphatic heterocycles. The number of hydrogen-bond acceptors (Lipinski definition) is 2. The standard InChI is InChI=1S/C18H15NO2.HI/c1-19-11-10-13(16-4-2-3-5-17(16)19)6-7-14-8-9-15(20)12-18(14)21;/h2-12H,1H3,(H,20,21);1H. The Morgan fingerprint density at radius 1 is 0.909 bits per heavy atom. The van der Waals surface area contributed by atoms with Gasteiger partial charge in [0.05, 0.1) is 5.39 Å². The topological polar surface area (TPSA) is 44.3 Å². The minimum atomic E-state index is 0. The Bertz CT molecular complexity index is 844. The molecule has 0 saturated heterocycles. The van der Waals surface area contributed by atoms with E-state index in [1.54, 1.807) is 12.1 Å². The minimum Gasteiger partial charge on any atom is -1.00 e. The first-order valence-corrected chi connectivity index (χ1v) is 6.72. The van der Waals surface area contributed by atoms with Crippen molar-refractivity contribution < 1.29 is 38.8 Å². The maximum absolute atomic E-state index is 9.81. The summed E-state index contributed by atoms with van der Waals surface area (Å²) < 4.78 is 2.07. The molecule has 0 unspecified atom stereocenters. The molecule has 0 aliphatic carbocycles. The molecule has 1 heterocycles. The highest BCUT2D eigenvalue weighted by Gasteiger charge is 2.06. The van der Waals surface area contributed by atoms with Gasteiger partial charge in [0.2, 0.25) is 5.52 Å². The van der Waals surface area contributed by atoms with Gasteiger partial charge in [0.25, 0.3) is 0 Å². The van der Waals surface area contributed by atoms with Gasteiger partial charge in [-0.1, -0.05) is 24.3 Å². The zero-order valence-electron chi connectivity index (χ0n) is 12.1. The molecule has 0 amide bonds. The van der Waals surface area contributed by atoms with Crippen LogP contribution in [0.25, 0.3) is 23.1 Å². The molecule has 0 bridgehead atoms. The molecule has 2 aromatic carbocycles. The Kier molecular flexibility index (Phi) is 5.03. The number of pyridine rings is 1. The normalized spacial score (nSPS) is 10.8. The first kappa shape index (κ1) is 16.3. The average molecular weight is 405 g/mol. The number of phenolic OH excluding ortho intramolecular Hbond substituents is 2. The molecule has 0 radical (unpaired) electrons. The molecule has 0 saturated carbocycles. The summed E-state index contributed by atoms with van der Waals surface area (Å²) in [6.07, 6.45) is 5.82. The number of nitrogens with zero attached hydrogens (tertiary/aromatic N) is 1. The summed E-state index contributed by atoms with van der Waals surface area (Å²) in [5.74, 6) is 0.124. The Morgan fingerprint density at radius 2 is 1.64 bits per heavy atom. The van der Waals surface area contributed by atoms with E-state index in [1.165, 1.54) is 6.07 Å². The van der Waals surface area contributed by atoms with Gasteiger partial charge in [0.1, 0.15) is 18.5 Å². The Labute approximate surface area is 146 Å². The number of benzene rings is 2. The largest absolute Gasteiger partial charge is 1.00 e. The second-order valence-electron chi connectivity index (χ2n) is 4.98. The van der Waals surface area contributed by atoms with Crippen LogP contribution in [0.1, 0.15) is 11.1 Å². The molecule has 22 heavy (non-hydrogen) atoms. The quantitative estimate of drug-likeness (QED) is 0.475. The summed E-state index contributed by atoms with van der Waals surface area (Å²) in [5, 5.41) is 20.3. The van der Waals surface area contributed by atoms with Crippen molar-refractivity contribution in [2.45, 2.75) is 0 Å². The third-order valence-electron chi connectivity index (χ3n) is 3.53. The van der Waals surface area contributed by atoms with Crippen molar-refractivity contribution in [1.29, 1.82) is 0 Å². The number of aryl methyl sites for hydroxylation is 1. The molecule has 4 heteroatoms. The maximum atomic E-state index is 9.81. The smallest absolute Gasteiger partial charge is 0.212 e. The third kappa shape index (κ3) is 3.22. The zero-order valence-corrected chi connectivity index (χ0v) is 14.2. The van der Waals surface area contributed by atoms with E-state index in [2.05, 4.69) is 16.7 Å². The minimum absolute atomic E-state index is 0. The van der Waals surface area contributed by atoms with Crippen LogP contribution in [0, 0.1) is 0 Å². The van der Waals surface area contributed by atoms with E-state index in [-0.39, 0.29) is 35.5 Å². The van der Waals surface area contributed by atoms with Gasteiger partial charge in [0, 0.05) is 23.8 Å². The van der Waals surface area contributed by atoms with Crippen LogP contribution in [-0.2, 0) is 7.05 Å². The molecular weight excluding hydrogens is 389 g/mol. The fourth-order valence-electron chi connectivity index (χ4n) is 2.39. The monoisotopic (exact) mass is 405 g/mol. The van der Waals surface area contributed by atoms with Gasteiger partial charge < -0.3 is 34.2 Å². The molecule has 3 rings (SSSR count). The number of aromatic hydroxyl groups is 2. The van der Waals surface area contributed by atoms with E-state index in [9.17, 15) is 10.2 Å². The van der Waals surface area contributed by atoms with E-state index >= 15 is 0 Å². The molecular formula is C18H16INO2. The highest BCUT2D eigenvalue weighted by atomic mass is 127. The van der Waals surface area contributed by atoms with Crippen molar-refractivity contribution >= 4 is 23.1 Å². The SMILES string of the molecule is C[n+]1ccc(/C=C/c2ccc(O)cc2O)c2ccccc21.[I-]. The first-order chi connectivity index (χ1) is 10.1. The first-order valence-electron chi connectivity index (χ1n) is 6.72. The lowest BCUT2D eigenvalue weighted by Gasteiger charge is -2.02. The summed E-state index contributed by atoms with van der Waals surface area (Å²) in [6.45, 7) is 0. The van der Waals surface area contributed by atoms with Gasteiger partial charge in [-0.05, 0) is 23.8 Å². The lowest BCUT2D eigenvalue weighted by atomic mass is 10.1. The number of aromatic nitrogens is 1. The van der Waals surface area contributed by atoms with Gasteiger partial charge in [-0.3, -0.25) is 0 Å². The van der Waals surface area contributed by atoms with Crippen molar-refractivity contribution in [3.8, 4) is 11.5 Å². The molecule has 2 N–H and O–H groups in total. The average Bonchev–Trinajstić information content (AvgIpc) is 2.48. The molecule has 0 fully saturated rings. The van der Waals surface area contributed by atoms with Crippen LogP contribution in [0.15, 0.2) is 54.7 Å². The van der Waals surface area contributed by atoms with Crippen molar-refractivity contribution in [2.24, 2.45) is 7.05 Å². The van der Waals surface area contributed by atoms with E-state index < -0.39 is 0 Å². The fraction of sp³-hybridized carbons (Fsp3) is 0.0556. The lowest BCUT2D eigenvalue weighted by molar-refractivity contribution is -0.644. The number of fused-ring (bicyclic) bond motifs is 1. The molecule has 0 aliphatic rings. The highest BCUT2D eigenvalue weighted by Crippen LogP contribution is 2.25. The fourth-order valence-corrected chi connectivity index (χ4v) is 2.39. The van der Waals surface area contributed by atoms with Crippen LogP contribution in [0.4, 0.5) is 0 Å². The van der Waals surface area contributed by atoms with E-state index in [1.807, 2.05) is 43.6 Å². The number of phenols is 2. The van der Waals surface area contributed by atoms with Crippen molar-refractivity contribution in [2.75, 3.05) is 0 Å². The van der Waals surface area contributed by atoms with Crippen LogP contribution in [-0.4, -0.2) is 10.2 Å². The Morgan fingerprint density at radius 3 is 2.41 bits per heavy atom. The molecule has 1 aromatic heterocycles.